The summed E-state index contributed by atoms with van der Waals surface area (Å²) in [5.41, 5.74) is 2.52. The second-order valence-corrected chi connectivity index (χ2v) is 6.96. The summed E-state index contributed by atoms with van der Waals surface area (Å²) >= 11 is 6.05. The third kappa shape index (κ3) is 5.12. The summed E-state index contributed by atoms with van der Waals surface area (Å²) in [5, 5.41) is 0.294. The van der Waals surface area contributed by atoms with E-state index in [2.05, 4.69) is 0 Å². The van der Waals surface area contributed by atoms with Gasteiger partial charge in [0.1, 0.15) is 5.75 Å². The maximum atomic E-state index is 12.7. The van der Waals surface area contributed by atoms with E-state index in [1.807, 2.05) is 43.3 Å². The lowest BCUT2D eigenvalue weighted by atomic mass is 10.1. The highest BCUT2D eigenvalue weighted by Gasteiger charge is 2.16. The van der Waals surface area contributed by atoms with Crippen LogP contribution in [0.3, 0.4) is 0 Å². The summed E-state index contributed by atoms with van der Waals surface area (Å²) in [6.45, 7) is 0. The molecule has 0 radical (unpaired) electrons. The van der Waals surface area contributed by atoms with Crippen molar-refractivity contribution in [3.63, 3.8) is 0 Å². The number of para-hydroxylation sites is 1. The number of hydrogen-bond donors (Lipinski definition) is 0. The Balaban J connectivity index is 1.78. The Labute approximate surface area is 175 Å². The number of ketones is 1. The molecule has 0 unspecified atom stereocenters. The second kappa shape index (κ2) is 9.22. The Kier molecular flexibility index (Phi) is 6.47. The van der Waals surface area contributed by atoms with Crippen LogP contribution in [-0.4, -0.2) is 25.8 Å². The predicted octanol–water partition coefficient (Wildman–Crippen LogP) is 5.52. The van der Waals surface area contributed by atoms with Gasteiger partial charge in [-0.2, -0.15) is 0 Å². The number of carbonyl (C=O) groups is 2. The van der Waals surface area contributed by atoms with Crippen LogP contribution in [-0.2, 0) is 0 Å². The molecule has 0 aliphatic heterocycles. The normalized spacial score (nSPS) is 10.7. The van der Waals surface area contributed by atoms with Gasteiger partial charge in [0, 0.05) is 19.8 Å². The average Bonchev–Trinajstić information content (AvgIpc) is 2.73. The lowest BCUT2D eigenvalue weighted by Gasteiger charge is -2.11. The number of benzene rings is 3. The van der Waals surface area contributed by atoms with E-state index in [1.54, 1.807) is 54.6 Å². The molecule has 146 valence electrons. The average molecular weight is 406 g/mol. The van der Waals surface area contributed by atoms with Gasteiger partial charge < -0.3 is 9.64 Å². The van der Waals surface area contributed by atoms with Crippen LogP contribution in [0.2, 0.25) is 5.02 Å². The molecule has 0 atom stereocenters. The fraction of sp³-hybridized carbons (Fsp3) is 0.0833. The van der Waals surface area contributed by atoms with Crippen molar-refractivity contribution in [2.45, 2.75) is 0 Å². The van der Waals surface area contributed by atoms with Crippen LogP contribution in [0, 0.1) is 0 Å². The lowest BCUT2D eigenvalue weighted by Crippen LogP contribution is -2.11. The smallest absolute Gasteiger partial charge is 0.345 e. The minimum absolute atomic E-state index is 0.190. The van der Waals surface area contributed by atoms with Crippen LogP contribution in [0.4, 0.5) is 5.69 Å². The standard InChI is InChI=1S/C24H20ClNO3/c1-26(2)18-14-11-17(12-15-18)13-16-22(27)20-8-4-6-10-23(20)29-24(28)19-7-3-5-9-21(19)25/h3-16H,1-2H3/b16-13+. The van der Waals surface area contributed by atoms with E-state index >= 15 is 0 Å². The van der Waals surface area contributed by atoms with Gasteiger partial charge in [0.25, 0.3) is 0 Å². The number of esters is 1. The molecule has 0 bridgehead atoms. The zero-order chi connectivity index (χ0) is 20.8. The molecule has 0 amide bonds. The number of hydrogen-bond acceptors (Lipinski definition) is 4. The third-order valence-corrected chi connectivity index (χ3v) is 4.62. The minimum Gasteiger partial charge on any atom is -0.422 e. The summed E-state index contributed by atoms with van der Waals surface area (Å²) in [6, 6.07) is 21.1. The number of anilines is 1. The first-order chi connectivity index (χ1) is 14.0. The number of halogens is 1. The van der Waals surface area contributed by atoms with Crippen molar-refractivity contribution in [3.8, 4) is 5.75 Å². The lowest BCUT2D eigenvalue weighted by molar-refractivity contribution is 0.0733. The Bertz CT molecular complexity index is 1060. The SMILES string of the molecule is CN(C)c1ccc(/C=C/C(=O)c2ccccc2OC(=O)c2ccccc2Cl)cc1. The van der Waals surface area contributed by atoms with Crippen LogP contribution in [0.1, 0.15) is 26.3 Å². The van der Waals surface area contributed by atoms with E-state index in [-0.39, 0.29) is 17.1 Å². The van der Waals surface area contributed by atoms with Gasteiger partial charge in [-0.25, -0.2) is 4.79 Å². The van der Waals surface area contributed by atoms with E-state index in [0.29, 0.717) is 10.6 Å². The van der Waals surface area contributed by atoms with E-state index in [1.165, 1.54) is 6.08 Å². The largest absolute Gasteiger partial charge is 0.422 e. The van der Waals surface area contributed by atoms with E-state index in [0.717, 1.165) is 11.3 Å². The van der Waals surface area contributed by atoms with Gasteiger partial charge in [0.05, 0.1) is 16.1 Å². The van der Waals surface area contributed by atoms with Gasteiger partial charge in [-0.15, -0.1) is 0 Å². The van der Waals surface area contributed by atoms with Gasteiger partial charge in [0.2, 0.25) is 0 Å². The molecule has 3 aromatic carbocycles. The first-order valence-corrected chi connectivity index (χ1v) is 9.39. The number of rotatable bonds is 6. The first kappa shape index (κ1) is 20.4. The first-order valence-electron chi connectivity index (χ1n) is 9.01. The molecular weight excluding hydrogens is 386 g/mol. The Morgan fingerprint density at radius 2 is 1.48 bits per heavy atom. The van der Waals surface area contributed by atoms with Crippen molar-refractivity contribution in [1.29, 1.82) is 0 Å². The number of ether oxygens (including phenoxy) is 1. The Morgan fingerprint density at radius 3 is 2.14 bits per heavy atom. The van der Waals surface area contributed by atoms with Crippen molar-refractivity contribution in [3.05, 3.63) is 101 Å². The quantitative estimate of drug-likeness (QED) is 0.234. The molecule has 0 fully saturated rings. The van der Waals surface area contributed by atoms with Crippen LogP contribution >= 0.6 is 11.6 Å². The Morgan fingerprint density at radius 1 is 0.862 bits per heavy atom. The second-order valence-electron chi connectivity index (χ2n) is 6.55. The third-order valence-electron chi connectivity index (χ3n) is 4.29. The molecule has 5 heteroatoms. The van der Waals surface area contributed by atoms with E-state index in [9.17, 15) is 9.59 Å². The monoisotopic (exact) mass is 405 g/mol. The summed E-state index contributed by atoms with van der Waals surface area (Å²) in [5.74, 6) is -0.682. The molecule has 0 spiro atoms. The van der Waals surface area contributed by atoms with Crippen LogP contribution in [0.5, 0.6) is 5.75 Å². The zero-order valence-corrected chi connectivity index (χ0v) is 16.9. The van der Waals surface area contributed by atoms with Gasteiger partial charge in [-0.05, 0) is 48.0 Å². The molecule has 0 aliphatic carbocycles. The molecule has 3 aromatic rings. The van der Waals surface area contributed by atoms with Crippen LogP contribution < -0.4 is 9.64 Å². The van der Waals surface area contributed by atoms with Crippen molar-refractivity contribution < 1.29 is 14.3 Å². The van der Waals surface area contributed by atoms with Gasteiger partial charge in [-0.1, -0.05) is 54.1 Å². The zero-order valence-electron chi connectivity index (χ0n) is 16.1. The molecule has 0 aromatic heterocycles. The molecule has 3 rings (SSSR count). The molecule has 0 aliphatic rings. The predicted molar refractivity (Wildman–Crippen MR) is 117 cm³/mol. The van der Waals surface area contributed by atoms with Crippen molar-refractivity contribution >= 4 is 35.1 Å². The van der Waals surface area contributed by atoms with Crippen LogP contribution in [0.15, 0.2) is 78.9 Å². The van der Waals surface area contributed by atoms with Gasteiger partial charge in [0.15, 0.2) is 5.78 Å². The highest BCUT2D eigenvalue weighted by atomic mass is 35.5. The number of carbonyl (C=O) groups excluding carboxylic acids is 2. The highest BCUT2D eigenvalue weighted by molar-refractivity contribution is 6.33. The van der Waals surface area contributed by atoms with Gasteiger partial charge >= 0.3 is 5.97 Å². The van der Waals surface area contributed by atoms with E-state index < -0.39 is 5.97 Å². The van der Waals surface area contributed by atoms with Crippen molar-refractivity contribution in [2.75, 3.05) is 19.0 Å². The number of allylic oxidation sites excluding steroid dienone is 1. The summed E-state index contributed by atoms with van der Waals surface area (Å²) < 4.78 is 5.44. The molecule has 0 saturated heterocycles. The molecule has 4 nitrogen and oxygen atoms in total. The fourth-order valence-electron chi connectivity index (χ4n) is 2.69. The molecular formula is C24H20ClNO3. The topological polar surface area (TPSA) is 46.6 Å². The van der Waals surface area contributed by atoms with Gasteiger partial charge in [-0.3, -0.25) is 4.79 Å². The maximum absolute atomic E-state index is 12.7. The molecule has 0 heterocycles. The van der Waals surface area contributed by atoms with Crippen LogP contribution in [0.25, 0.3) is 6.08 Å². The minimum atomic E-state index is -0.612. The summed E-state index contributed by atoms with van der Waals surface area (Å²) in [7, 11) is 3.93. The van der Waals surface area contributed by atoms with Crippen molar-refractivity contribution in [2.24, 2.45) is 0 Å². The summed E-state index contributed by atoms with van der Waals surface area (Å²) in [4.78, 5) is 27.1. The van der Waals surface area contributed by atoms with Crippen molar-refractivity contribution in [1.82, 2.24) is 0 Å². The number of nitrogens with zero attached hydrogens (tertiary/aromatic N) is 1. The highest BCUT2D eigenvalue weighted by Crippen LogP contribution is 2.23. The summed E-state index contributed by atoms with van der Waals surface area (Å²) in [6.07, 6.45) is 3.20. The molecule has 29 heavy (non-hydrogen) atoms. The molecule has 0 saturated carbocycles. The fourth-order valence-corrected chi connectivity index (χ4v) is 2.90. The Hall–Kier alpha value is -3.37. The maximum Gasteiger partial charge on any atom is 0.345 e. The van der Waals surface area contributed by atoms with E-state index in [4.69, 9.17) is 16.3 Å². The molecule has 0 N–H and O–H groups in total.